The first-order valence-electron chi connectivity index (χ1n) is 5.27. The summed E-state index contributed by atoms with van der Waals surface area (Å²) in [5.74, 6) is -0.734. The van der Waals surface area contributed by atoms with E-state index in [-0.39, 0.29) is 25.5 Å². The summed E-state index contributed by atoms with van der Waals surface area (Å²) in [4.78, 5) is 11.0. The van der Waals surface area contributed by atoms with Crippen molar-refractivity contribution in [2.45, 2.75) is 4.90 Å². The molecular formula is C11H7BrCl2N2O3S2. The Hall–Kier alpha value is -0.800. The summed E-state index contributed by atoms with van der Waals surface area (Å²) in [6.07, 6.45) is 0. The van der Waals surface area contributed by atoms with Gasteiger partial charge in [0.05, 0.1) is 15.6 Å². The molecular weight excluding hydrogens is 423 g/mol. The molecule has 0 unspecified atom stereocenters. The Balaban J connectivity index is 2.49. The SMILES string of the molecule is NC(=O)c1ccsc1NS(=O)(=O)c1c(Cl)cc(Br)cc1Cl. The van der Waals surface area contributed by atoms with Gasteiger partial charge >= 0.3 is 0 Å². The molecule has 3 N–H and O–H groups in total. The zero-order chi connectivity index (χ0) is 15.8. The maximum atomic E-state index is 12.4. The minimum Gasteiger partial charge on any atom is -0.366 e. The molecule has 1 aromatic heterocycles. The fourth-order valence-electron chi connectivity index (χ4n) is 1.54. The van der Waals surface area contributed by atoms with Crippen molar-refractivity contribution in [3.05, 3.63) is 43.7 Å². The first-order valence-corrected chi connectivity index (χ1v) is 9.18. The van der Waals surface area contributed by atoms with Gasteiger partial charge in [-0.1, -0.05) is 39.1 Å². The number of sulfonamides is 1. The van der Waals surface area contributed by atoms with Crippen molar-refractivity contribution < 1.29 is 13.2 Å². The van der Waals surface area contributed by atoms with Crippen LogP contribution in [0, 0.1) is 0 Å². The number of benzene rings is 1. The highest BCUT2D eigenvalue weighted by Crippen LogP contribution is 2.35. The molecule has 1 heterocycles. The minimum absolute atomic E-state index is 0.0425. The van der Waals surface area contributed by atoms with Gasteiger partial charge in [0.25, 0.3) is 15.9 Å². The summed E-state index contributed by atoms with van der Waals surface area (Å²) in [5.41, 5.74) is 5.25. The standard InChI is InChI=1S/C11H7BrCl2N2O3S2/c12-5-3-7(13)9(8(14)4-5)21(18,19)16-11-6(10(15)17)1-2-20-11/h1-4,16H,(H2,15,17). The summed E-state index contributed by atoms with van der Waals surface area (Å²) in [6.45, 7) is 0. The number of carbonyl (C=O) groups is 1. The first kappa shape index (κ1) is 16.6. The van der Waals surface area contributed by atoms with E-state index in [1.54, 1.807) is 5.38 Å². The Bertz CT molecular complexity index is 798. The third-order valence-electron chi connectivity index (χ3n) is 2.39. The summed E-state index contributed by atoms with van der Waals surface area (Å²) in [7, 11) is -4.05. The number of hydrogen-bond donors (Lipinski definition) is 2. The van der Waals surface area contributed by atoms with Gasteiger partial charge in [-0.05, 0) is 23.6 Å². The predicted octanol–water partition coefficient (Wildman–Crippen LogP) is 3.72. The summed E-state index contributed by atoms with van der Waals surface area (Å²) in [6, 6.07) is 4.24. The number of thiophene rings is 1. The molecule has 2 aromatic rings. The molecule has 0 aliphatic carbocycles. The van der Waals surface area contributed by atoms with E-state index < -0.39 is 15.9 Å². The Labute approximate surface area is 143 Å². The van der Waals surface area contributed by atoms with Crippen molar-refractivity contribution in [2.75, 3.05) is 4.72 Å². The van der Waals surface area contributed by atoms with Crippen LogP contribution in [0.4, 0.5) is 5.00 Å². The van der Waals surface area contributed by atoms with Crippen molar-refractivity contribution in [3.8, 4) is 0 Å². The topological polar surface area (TPSA) is 89.3 Å². The molecule has 0 spiro atoms. The van der Waals surface area contributed by atoms with Gasteiger partial charge < -0.3 is 5.73 Å². The molecule has 10 heteroatoms. The van der Waals surface area contributed by atoms with E-state index in [2.05, 4.69) is 20.7 Å². The lowest BCUT2D eigenvalue weighted by Crippen LogP contribution is -2.17. The van der Waals surface area contributed by atoms with Crippen LogP contribution in [0.5, 0.6) is 0 Å². The highest BCUT2D eigenvalue weighted by molar-refractivity contribution is 9.10. The van der Waals surface area contributed by atoms with Gasteiger partial charge in [0.1, 0.15) is 9.90 Å². The normalized spacial score (nSPS) is 11.4. The molecule has 0 atom stereocenters. The van der Waals surface area contributed by atoms with E-state index in [4.69, 9.17) is 28.9 Å². The first-order chi connectivity index (χ1) is 9.72. The average Bonchev–Trinajstić information content (AvgIpc) is 2.73. The third kappa shape index (κ3) is 3.51. The molecule has 0 saturated carbocycles. The molecule has 0 aliphatic heterocycles. The Morgan fingerprint density at radius 3 is 2.38 bits per heavy atom. The molecule has 112 valence electrons. The molecule has 2 rings (SSSR count). The van der Waals surface area contributed by atoms with Crippen LogP contribution in [0.3, 0.4) is 0 Å². The number of halogens is 3. The van der Waals surface area contributed by atoms with Crippen LogP contribution in [-0.2, 0) is 10.0 Å². The average molecular weight is 430 g/mol. The number of primary amides is 1. The highest BCUT2D eigenvalue weighted by atomic mass is 79.9. The summed E-state index contributed by atoms with van der Waals surface area (Å²) < 4.78 is 27.6. The Kier molecular flexibility index (Phi) is 4.84. The second kappa shape index (κ2) is 6.13. The molecule has 0 bridgehead atoms. The van der Waals surface area contributed by atoms with Gasteiger partial charge in [-0.2, -0.15) is 0 Å². The lowest BCUT2D eigenvalue weighted by atomic mass is 10.3. The number of anilines is 1. The summed E-state index contributed by atoms with van der Waals surface area (Å²) >= 11 is 16.1. The van der Waals surface area contributed by atoms with E-state index in [1.807, 2.05) is 0 Å². The summed E-state index contributed by atoms with van der Waals surface area (Å²) in [5, 5.41) is 1.57. The van der Waals surface area contributed by atoms with Crippen molar-refractivity contribution >= 4 is 71.4 Å². The largest absolute Gasteiger partial charge is 0.366 e. The molecule has 5 nitrogen and oxygen atoms in total. The predicted molar refractivity (Wildman–Crippen MR) is 87.8 cm³/mol. The number of carbonyl (C=O) groups excluding carboxylic acids is 1. The highest BCUT2D eigenvalue weighted by Gasteiger charge is 2.24. The van der Waals surface area contributed by atoms with Crippen LogP contribution in [0.15, 0.2) is 32.9 Å². The number of amides is 1. The molecule has 21 heavy (non-hydrogen) atoms. The van der Waals surface area contributed by atoms with Gasteiger partial charge in [-0.3, -0.25) is 9.52 Å². The maximum absolute atomic E-state index is 12.4. The van der Waals surface area contributed by atoms with Crippen LogP contribution >= 0.6 is 50.5 Å². The van der Waals surface area contributed by atoms with Crippen LogP contribution in [0.1, 0.15) is 10.4 Å². The van der Waals surface area contributed by atoms with Gasteiger partial charge in [0, 0.05) is 4.47 Å². The molecule has 1 amide bonds. The van der Waals surface area contributed by atoms with Crippen molar-refractivity contribution in [2.24, 2.45) is 5.73 Å². The van der Waals surface area contributed by atoms with E-state index in [1.165, 1.54) is 18.2 Å². The van der Waals surface area contributed by atoms with Crippen LogP contribution in [0.2, 0.25) is 10.0 Å². The smallest absolute Gasteiger partial charge is 0.265 e. The van der Waals surface area contributed by atoms with Gasteiger partial charge in [0.2, 0.25) is 0 Å². The lowest BCUT2D eigenvalue weighted by Gasteiger charge is -2.11. The second-order valence-corrected chi connectivity index (χ2v) is 8.10. The zero-order valence-electron chi connectivity index (χ0n) is 10.1. The van der Waals surface area contributed by atoms with Crippen LogP contribution in [0.25, 0.3) is 0 Å². The fraction of sp³-hybridized carbons (Fsp3) is 0. The minimum atomic E-state index is -4.05. The fourth-order valence-corrected chi connectivity index (χ4v) is 5.60. The van der Waals surface area contributed by atoms with Crippen molar-refractivity contribution in [1.29, 1.82) is 0 Å². The van der Waals surface area contributed by atoms with Crippen LogP contribution < -0.4 is 10.5 Å². The van der Waals surface area contributed by atoms with Crippen molar-refractivity contribution in [3.63, 3.8) is 0 Å². The van der Waals surface area contributed by atoms with E-state index >= 15 is 0 Å². The number of nitrogens with two attached hydrogens (primary N) is 1. The van der Waals surface area contributed by atoms with Crippen LogP contribution in [-0.4, -0.2) is 14.3 Å². The van der Waals surface area contributed by atoms with E-state index in [0.717, 1.165) is 11.3 Å². The molecule has 0 saturated heterocycles. The lowest BCUT2D eigenvalue weighted by molar-refractivity contribution is 0.100. The number of rotatable bonds is 4. The van der Waals surface area contributed by atoms with Gasteiger partial charge in [-0.25, -0.2) is 8.42 Å². The quantitative estimate of drug-likeness (QED) is 0.775. The monoisotopic (exact) mass is 428 g/mol. The number of nitrogens with one attached hydrogen (secondary N) is 1. The molecule has 0 aliphatic rings. The third-order valence-corrected chi connectivity index (χ3v) is 6.08. The second-order valence-electron chi connectivity index (χ2n) is 3.83. The maximum Gasteiger partial charge on any atom is 0.265 e. The Morgan fingerprint density at radius 1 is 1.29 bits per heavy atom. The molecule has 0 radical (unpaired) electrons. The van der Waals surface area contributed by atoms with Gasteiger partial charge in [0.15, 0.2) is 0 Å². The number of hydrogen-bond acceptors (Lipinski definition) is 4. The van der Waals surface area contributed by atoms with Crippen molar-refractivity contribution in [1.82, 2.24) is 0 Å². The van der Waals surface area contributed by atoms with Gasteiger partial charge in [-0.15, -0.1) is 11.3 Å². The Morgan fingerprint density at radius 2 is 1.86 bits per heavy atom. The molecule has 0 fully saturated rings. The van der Waals surface area contributed by atoms with E-state index in [0.29, 0.717) is 4.47 Å². The molecule has 1 aromatic carbocycles. The zero-order valence-corrected chi connectivity index (χ0v) is 14.8. The van der Waals surface area contributed by atoms with E-state index in [9.17, 15) is 13.2 Å².